The number of H-pyrrole nitrogens is 1. The molecule has 3 aromatic heterocycles. The van der Waals surface area contributed by atoms with E-state index in [2.05, 4.69) is 30.5 Å². The zero-order chi connectivity index (χ0) is 23.7. The van der Waals surface area contributed by atoms with Gasteiger partial charge in [0.1, 0.15) is 11.6 Å². The van der Waals surface area contributed by atoms with Crippen LogP contribution in [0, 0.1) is 11.6 Å². The van der Waals surface area contributed by atoms with Gasteiger partial charge in [-0.2, -0.15) is 0 Å². The highest BCUT2D eigenvalue weighted by molar-refractivity contribution is 5.94. The van der Waals surface area contributed by atoms with Gasteiger partial charge < -0.3 is 25.3 Å². The van der Waals surface area contributed by atoms with Gasteiger partial charge in [0.2, 0.25) is 0 Å². The Morgan fingerprint density at radius 1 is 1.12 bits per heavy atom. The summed E-state index contributed by atoms with van der Waals surface area (Å²) in [4.78, 5) is 26.3. The lowest BCUT2D eigenvalue weighted by Gasteiger charge is -2.29. The van der Waals surface area contributed by atoms with Crippen LogP contribution in [0.1, 0.15) is 0 Å². The predicted octanol–water partition coefficient (Wildman–Crippen LogP) is 3.43. The van der Waals surface area contributed by atoms with Gasteiger partial charge in [-0.05, 0) is 36.4 Å². The first-order valence-electron chi connectivity index (χ1n) is 10.8. The van der Waals surface area contributed by atoms with Crippen LogP contribution in [0.2, 0.25) is 0 Å². The van der Waals surface area contributed by atoms with Crippen molar-refractivity contribution >= 4 is 28.1 Å². The van der Waals surface area contributed by atoms with Crippen LogP contribution in [-0.2, 0) is 0 Å². The number of hydrogen-bond acceptors (Lipinski definition) is 7. The van der Waals surface area contributed by atoms with Crippen molar-refractivity contribution in [3.63, 3.8) is 0 Å². The van der Waals surface area contributed by atoms with Crippen LogP contribution in [-0.4, -0.2) is 48.2 Å². The van der Waals surface area contributed by atoms with E-state index >= 15 is 0 Å². The van der Waals surface area contributed by atoms with Crippen molar-refractivity contribution < 1.29 is 13.5 Å². The van der Waals surface area contributed by atoms with E-state index in [1.165, 1.54) is 25.4 Å². The topological polar surface area (TPSA) is 95.2 Å². The lowest BCUT2D eigenvalue weighted by atomic mass is 10.1. The van der Waals surface area contributed by atoms with Gasteiger partial charge in [0.25, 0.3) is 5.56 Å². The lowest BCUT2D eigenvalue weighted by molar-refractivity contribution is 0.385. The molecule has 10 heteroatoms. The summed E-state index contributed by atoms with van der Waals surface area (Å²) in [6, 6.07) is 9.07. The molecule has 0 spiro atoms. The molecule has 4 aromatic rings. The van der Waals surface area contributed by atoms with Gasteiger partial charge in [-0.3, -0.25) is 4.79 Å². The van der Waals surface area contributed by atoms with E-state index in [9.17, 15) is 13.6 Å². The minimum atomic E-state index is -0.872. The smallest absolute Gasteiger partial charge is 0.259 e. The number of fused-ring (bicyclic) bond motifs is 1. The largest absolute Gasteiger partial charge is 0.494 e. The minimum Gasteiger partial charge on any atom is -0.494 e. The molecule has 1 aromatic carbocycles. The number of anilines is 3. The highest BCUT2D eigenvalue weighted by atomic mass is 19.1. The highest BCUT2D eigenvalue weighted by Crippen LogP contribution is 2.34. The van der Waals surface area contributed by atoms with Crippen molar-refractivity contribution in [1.82, 2.24) is 20.3 Å². The molecule has 3 N–H and O–H groups in total. The van der Waals surface area contributed by atoms with Crippen LogP contribution in [0.25, 0.3) is 22.2 Å². The Bertz CT molecular complexity index is 1400. The molecule has 1 fully saturated rings. The van der Waals surface area contributed by atoms with Crippen LogP contribution in [0.4, 0.5) is 26.0 Å². The summed E-state index contributed by atoms with van der Waals surface area (Å²) >= 11 is 0. The maximum absolute atomic E-state index is 15.0. The second-order valence-electron chi connectivity index (χ2n) is 7.82. The van der Waals surface area contributed by atoms with E-state index < -0.39 is 11.6 Å². The Balaban J connectivity index is 1.58. The summed E-state index contributed by atoms with van der Waals surface area (Å²) in [7, 11) is 1.30. The Morgan fingerprint density at radius 3 is 2.68 bits per heavy atom. The number of methoxy groups -OCH3 is 1. The highest BCUT2D eigenvalue weighted by Gasteiger charge is 2.20. The third-order valence-corrected chi connectivity index (χ3v) is 5.75. The van der Waals surface area contributed by atoms with Crippen molar-refractivity contribution in [2.24, 2.45) is 0 Å². The van der Waals surface area contributed by atoms with E-state index in [1.807, 2.05) is 6.07 Å². The van der Waals surface area contributed by atoms with Crippen molar-refractivity contribution in [1.29, 1.82) is 0 Å². The molecule has 0 unspecified atom stereocenters. The molecular formula is C24H22F2N6O2. The molecule has 0 amide bonds. The summed E-state index contributed by atoms with van der Waals surface area (Å²) in [6.07, 6.45) is 3.19. The normalized spacial score (nSPS) is 13.8. The molecule has 1 aliphatic heterocycles. The third kappa shape index (κ3) is 4.03. The van der Waals surface area contributed by atoms with Crippen LogP contribution < -0.4 is 25.8 Å². The summed E-state index contributed by atoms with van der Waals surface area (Å²) in [5.74, 6) is -1.29. The zero-order valence-electron chi connectivity index (χ0n) is 18.4. The van der Waals surface area contributed by atoms with Gasteiger partial charge in [0.15, 0.2) is 11.6 Å². The Labute approximate surface area is 193 Å². The molecule has 5 rings (SSSR count). The summed E-state index contributed by atoms with van der Waals surface area (Å²) in [5, 5.41) is 6.68. The first-order valence-corrected chi connectivity index (χ1v) is 10.8. The van der Waals surface area contributed by atoms with Gasteiger partial charge in [0.05, 0.1) is 46.8 Å². The number of nitrogens with zero attached hydrogens (tertiary/aromatic N) is 3. The number of piperazine rings is 1. The van der Waals surface area contributed by atoms with Gasteiger partial charge in [-0.15, -0.1) is 0 Å². The molecule has 174 valence electrons. The number of ether oxygens (including phenoxy) is 1. The molecule has 4 heterocycles. The third-order valence-electron chi connectivity index (χ3n) is 5.75. The Kier molecular flexibility index (Phi) is 5.81. The summed E-state index contributed by atoms with van der Waals surface area (Å²) in [6.45, 7) is 3.59. The molecule has 0 bridgehead atoms. The fraction of sp³-hybridized carbons (Fsp3) is 0.208. The van der Waals surface area contributed by atoms with Crippen LogP contribution in [0.3, 0.4) is 0 Å². The van der Waals surface area contributed by atoms with Gasteiger partial charge >= 0.3 is 0 Å². The summed E-state index contributed by atoms with van der Waals surface area (Å²) in [5.41, 5.74) is 0.890. The van der Waals surface area contributed by atoms with Crippen LogP contribution >= 0.6 is 0 Å². The first-order chi connectivity index (χ1) is 16.5. The number of halogens is 2. The molecule has 0 atom stereocenters. The van der Waals surface area contributed by atoms with E-state index in [4.69, 9.17) is 4.74 Å². The van der Waals surface area contributed by atoms with Crippen LogP contribution in [0.15, 0.2) is 53.6 Å². The quantitative estimate of drug-likeness (QED) is 0.417. The lowest BCUT2D eigenvalue weighted by Crippen LogP contribution is -2.43. The van der Waals surface area contributed by atoms with Gasteiger partial charge in [-0.25, -0.2) is 18.7 Å². The fourth-order valence-corrected chi connectivity index (χ4v) is 4.05. The average molecular weight is 464 g/mol. The molecule has 34 heavy (non-hydrogen) atoms. The first kappa shape index (κ1) is 21.8. The maximum Gasteiger partial charge on any atom is 0.259 e. The van der Waals surface area contributed by atoms with Crippen molar-refractivity contribution in [3.05, 3.63) is 70.8 Å². The monoisotopic (exact) mass is 464 g/mol. The van der Waals surface area contributed by atoms with Crippen molar-refractivity contribution in [2.45, 2.75) is 0 Å². The second-order valence-corrected chi connectivity index (χ2v) is 7.82. The minimum absolute atomic E-state index is 0.0203. The number of hydrogen-bond donors (Lipinski definition) is 3. The Hall–Kier alpha value is -4.05. The number of rotatable bonds is 5. The van der Waals surface area contributed by atoms with Crippen LogP contribution in [0.5, 0.6) is 5.75 Å². The fourth-order valence-electron chi connectivity index (χ4n) is 4.05. The average Bonchev–Trinajstić information content (AvgIpc) is 2.85. The molecule has 1 aliphatic rings. The molecule has 8 nitrogen and oxygen atoms in total. The Morgan fingerprint density at radius 2 is 1.94 bits per heavy atom. The molecule has 0 radical (unpaired) electrons. The van der Waals surface area contributed by atoms with Gasteiger partial charge in [0, 0.05) is 32.4 Å². The van der Waals surface area contributed by atoms with E-state index in [0.29, 0.717) is 11.5 Å². The van der Waals surface area contributed by atoms with E-state index in [-0.39, 0.29) is 33.5 Å². The SMILES string of the molecule is COc1ccc(F)c(-c2cc(Nc3ccc(N4CCNCC4)cn3)c3c(=O)[nH]ccc3n2)c1F. The molecular weight excluding hydrogens is 442 g/mol. The molecule has 1 saturated heterocycles. The molecule has 0 aliphatic carbocycles. The number of aromatic nitrogens is 3. The zero-order valence-corrected chi connectivity index (χ0v) is 18.4. The number of aromatic amines is 1. The standard InChI is InChI=1S/C24H22F2N6O2/c1-34-19-4-3-15(25)21(23(19)26)17-12-18(22-16(30-17)6-7-28-24(22)33)31-20-5-2-14(13-29-20)32-10-8-27-9-11-32/h2-7,12-13,27H,8-11H2,1H3,(H,28,33)(H,29,30,31). The van der Waals surface area contributed by atoms with Crippen molar-refractivity contribution in [3.8, 4) is 17.0 Å². The van der Waals surface area contributed by atoms with Crippen molar-refractivity contribution in [2.75, 3.05) is 43.5 Å². The van der Waals surface area contributed by atoms with E-state index in [1.54, 1.807) is 18.3 Å². The number of nitrogens with one attached hydrogen (secondary N) is 3. The number of pyridine rings is 3. The maximum atomic E-state index is 15.0. The summed E-state index contributed by atoms with van der Waals surface area (Å²) < 4.78 is 34.6. The predicted molar refractivity (Wildman–Crippen MR) is 127 cm³/mol. The molecule has 0 saturated carbocycles. The van der Waals surface area contributed by atoms with Gasteiger partial charge in [-0.1, -0.05) is 0 Å². The second kappa shape index (κ2) is 9.06. The van der Waals surface area contributed by atoms with E-state index in [0.717, 1.165) is 37.9 Å². The number of benzene rings is 1.